The predicted octanol–water partition coefficient (Wildman–Crippen LogP) is 4.25. The van der Waals surface area contributed by atoms with Crippen molar-refractivity contribution in [3.8, 4) is 0 Å². The zero-order valence-corrected chi connectivity index (χ0v) is 14.3. The fraction of sp³-hybridized carbons (Fsp3) is 0.0769. The SMILES string of the molecule is CN(C(=O)c1cc(Br)c(Br)s1)c1ccccc1C(=O)O. The van der Waals surface area contributed by atoms with Crippen LogP contribution < -0.4 is 4.90 Å². The van der Waals surface area contributed by atoms with E-state index in [1.807, 2.05) is 0 Å². The van der Waals surface area contributed by atoms with Gasteiger partial charge in [-0.2, -0.15) is 0 Å². The van der Waals surface area contributed by atoms with Crippen LogP contribution >= 0.6 is 43.2 Å². The number of rotatable bonds is 3. The first-order chi connectivity index (χ1) is 9.41. The Morgan fingerprint density at radius 1 is 1.25 bits per heavy atom. The molecule has 0 atom stereocenters. The average Bonchev–Trinajstić information content (AvgIpc) is 2.77. The molecule has 104 valence electrons. The van der Waals surface area contributed by atoms with E-state index in [1.165, 1.54) is 22.3 Å². The number of para-hydroxylation sites is 1. The third kappa shape index (κ3) is 2.94. The molecule has 0 fully saturated rings. The molecule has 1 aromatic carbocycles. The summed E-state index contributed by atoms with van der Waals surface area (Å²) in [7, 11) is 1.56. The first-order valence-corrected chi connectivity index (χ1v) is 7.87. The molecule has 7 heteroatoms. The van der Waals surface area contributed by atoms with Crippen molar-refractivity contribution in [3.63, 3.8) is 0 Å². The number of carboxylic acids is 1. The van der Waals surface area contributed by atoms with Gasteiger partial charge in [-0.25, -0.2) is 4.79 Å². The summed E-state index contributed by atoms with van der Waals surface area (Å²) in [6.45, 7) is 0. The first-order valence-electron chi connectivity index (χ1n) is 5.47. The summed E-state index contributed by atoms with van der Waals surface area (Å²) in [6, 6.07) is 8.12. The summed E-state index contributed by atoms with van der Waals surface area (Å²) >= 11 is 7.95. The molecule has 0 bridgehead atoms. The summed E-state index contributed by atoms with van der Waals surface area (Å²) in [5.74, 6) is -1.32. The molecule has 1 aromatic heterocycles. The number of hydrogen-bond donors (Lipinski definition) is 1. The Morgan fingerprint density at radius 2 is 1.90 bits per heavy atom. The number of carbonyl (C=O) groups excluding carboxylic acids is 1. The van der Waals surface area contributed by atoms with Gasteiger partial charge >= 0.3 is 5.97 Å². The summed E-state index contributed by atoms with van der Waals surface area (Å²) in [6.07, 6.45) is 0. The highest BCUT2D eigenvalue weighted by Gasteiger charge is 2.21. The van der Waals surface area contributed by atoms with Crippen LogP contribution in [0.4, 0.5) is 5.69 Å². The Balaban J connectivity index is 2.38. The lowest BCUT2D eigenvalue weighted by Gasteiger charge is -2.18. The summed E-state index contributed by atoms with van der Waals surface area (Å²) in [5, 5.41) is 9.16. The van der Waals surface area contributed by atoms with Crippen LogP contribution in [0.3, 0.4) is 0 Å². The number of nitrogens with zero attached hydrogens (tertiary/aromatic N) is 1. The second kappa shape index (κ2) is 6.07. The number of benzene rings is 1. The average molecular weight is 419 g/mol. The van der Waals surface area contributed by atoms with Gasteiger partial charge in [-0.1, -0.05) is 12.1 Å². The summed E-state index contributed by atoms with van der Waals surface area (Å²) in [5.41, 5.74) is 0.462. The molecule has 0 aliphatic rings. The predicted molar refractivity (Wildman–Crippen MR) is 85.9 cm³/mol. The molecule has 2 rings (SSSR count). The van der Waals surface area contributed by atoms with Crippen molar-refractivity contribution in [2.45, 2.75) is 0 Å². The molecular weight excluding hydrogens is 410 g/mol. The monoisotopic (exact) mass is 417 g/mol. The highest BCUT2D eigenvalue weighted by Crippen LogP contribution is 2.33. The molecule has 0 saturated heterocycles. The van der Waals surface area contributed by atoms with Gasteiger partial charge in [-0.15, -0.1) is 11.3 Å². The molecule has 0 unspecified atom stereocenters. The molecule has 0 saturated carbocycles. The van der Waals surface area contributed by atoms with E-state index in [0.717, 1.165) is 8.26 Å². The lowest BCUT2D eigenvalue weighted by molar-refractivity contribution is 0.0697. The van der Waals surface area contributed by atoms with E-state index in [-0.39, 0.29) is 11.5 Å². The zero-order valence-electron chi connectivity index (χ0n) is 10.3. The smallest absolute Gasteiger partial charge is 0.337 e. The van der Waals surface area contributed by atoms with Gasteiger partial charge < -0.3 is 10.0 Å². The van der Waals surface area contributed by atoms with Crippen molar-refractivity contribution < 1.29 is 14.7 Å². The van der Waals surface area contributed by atoms with Crippen molar-refractivity contribution in [3.05, 3.63) is 49.0 Å². The van der Waals surface area contributed by atoms with E-state index < -0.39 is 5.97 Å². The molecule has 1 heterocycles. The molecular formula is C13H9Br2NO3S. The van der Waals surface area contributed by atoms with Crippen LogP contribution in [0.2, 0.25) is 0 Å². The third-order valence-electron chi connectivity index (χ3n) is 2.66. The number of amides is 1. The number of thiophene rings is 1. The van der Waals surface area contributed by atoms with E-state index in [2.05, 4.69) is 31.9 Å². The van der Waals surface area contributed by atoms with Gasteiger partial charge in [0.25, 0.3) is 5.91 Å². The largest absolute Gasteiger partial charge is 0.478 e. The molecule has 1 N–H and O–H groups in total. The number of carboxylic acid groups (broad SMARTS) is 1. The zero-order chi connectivity index (χ0) is 14.9. The van der Waals surface area contributed by atoms with Crippen molar-refractivity contribution in [2.75, 3.05) is 11.9 Å². The topological polar surface area (TPSA) is 57.6 Å². The Labute approximate surface area is 136 Å². The van der Waals surface area contributed by atoms with Crippen LogP contribution in [0.1, 0.15) is 20.0 Å². The molecule has 1 amide bonds. The quantitative estimate of drug-likeness (QED) is 0.810. The minimum Gasteiger partial charge on any atom is -0.478 e. The van der Waals surface area contributed by atoms with Gasteiger partial charge in [0.1, 0.15) is 0 Å². The second-order valence-corrected chi connectivity index (χ2v) is 7.14. The Bertz CT molecular complexity index is 665. The Morgan fingerprint density at radius 3 is 2.45 bits per heavy atom. The van der Waals surface area contributed by atoms with E-state index in [0.29, 0.717) is 10.6 Å². The van der Waals surface area contributed by atoms with Crippen LogP contribution in [0, 0.1) is 0 Å². The van der Waals surface area contributed by atoms with Gasteiger partial charge in [-0.05, 0) is 50.1 Å². The fourth-order valence-corrected chi connectivity index (χ4v) is 3.69. The molecule has 4 nitrogen and oxygen atoms in total. The van der Waals surface area contributed by atoms with E-state index in [1.54, 1.807) is 31.3 Å². The second-order valence-electron chi connectivity index (χ2n) is 3.92. The maximum atomic E-state index is 12.4. The van der Waals surface area contributed by atoms with Gasteiger partial charge in [-0.3, -0.25) is 4.79 Å². The number of anilines is 1. The molecule has 2 aromatic rings. The van der Waals surface area contributed by atoms with Crippen LogP contribution in [-0.2, 0) is 0 Å². The van der Waals surface area contributed by atoms with Gasteiger partial charge in [0.2, 0.25) is 0 Å². The van der Waals surface area contributed by atoms with Crippen LogP contribution in [0.15, 0.2) is 38.6 Å². The maximum absolute atomic E-state index is 12.4. The molecule has 0 spiro atoms. The molecule has 0 radical (unpaired) electrons. The van der Waals surface area contributed by atoms with Crippen molar-refractivity contribution in [1.82, 2.24) is 0 Å². The van der Waals surface area contributed by atoms with Crippen molar-refractivity contribution in [1.29, 1.82) is 0 Å². The lowest BCUT2D eigenvalue weighted by Crippen LogP contribution is -2.27. The number of hydrogen-bond acceptors (Lipinski definition) is 3. The Kier molecular flexibility index (Phi) is 4.62. The highest BCUT2D eigenvalue weighted by atomic mass is 79.9. The summed E-state index contributed by atoms with van der Waals surface area (Å²) in [4.78, 5) is 25.4. The molecule has 20 heavy (non-hydrogen) atoms. The maximum Gasteiger partial charge on any atom is 0.337 e. The number of aromatic carboxylic acids is 1. The number of halogens is 2. The van der Waals surface area contributed by atoms with Crippen LogP contribution in [0.5, 0.6) is 0 Å². The summed E-state index contributed by atoms with van der Waals surface area (Å²) < 4.78 is 1.62. The normalized spacial score (nSPS) is 10.3. The lowest BCUT2D eigenvalue weighted by atomic mass is 10.1. The van der Waals surface area contributed by atoms with Crippen molar-refractivity contribution in [2.24, 2.45) is 0 Å². The van der Waals surface area contributed by atoms with E-state index in [4.69, 9.17) is 5.11 Å². The minimum atomic E-state index is -1.06. The van der Waals surface area contributed by atoms with Gasteiger partial charge in [0.05, 0.1) is 19.9 Å². The van der Waals surface area contributed by atoms with E-state index in [9.17, 15) is 9.59 Å². The first kappa shape index (κ1) is 15.2. The van der Waals surface area contributed by atoms with Gasteiger partial charge in [0.15, 0.2) is 0 Å². The van der Waals surface area contributed by atoms with Crippen LogP contribution in [0.25, 0.3) is 0 Å². The standard InChI is InChI=1S/C13H9Br2NO3S/c1-16(9-5-3-2-4-7(9)13(18)19)12(17)10-6-8(14)11(15)20-10/h2-6H,1H3,(H,18,19). The fourth-order valence-electron chi connectivity index (χ4n) is 1.67. The Hall–Kier alpha value is -1.18. The van der Waals surface area contributed by atoms with E-state index >= 15 is 0 Å². The molecule has 0 aliphatic heterocycles. The number of carbonyl (C=O) groups is 2. The van der Waals surface area contributed by atoms with Crippen molar-refractivity contribution >= 4 is 60.8 Å². The van der Waals surface area contributed by atoms with Gasteiger partial charge in [0, 0.05) is 11.5 Å². The highest BCUT2D eigenvalue weighted by molar-refractivity contribution is 9.13. The van der Waals surface area contributed by atoms with Crippen LogP contribution in [-0.4, -0.2) is 24.0 Å². The minimum absolute atomic E-state index is 0.0954. The molecule has 0 aliphatic carbocycles. The third-order valence-corrected chi connectivity index (χ3v) is 5.90.